The van der Waals surface area contributed by atoms with E-state index in [0.717, 1.165) is 19.3 Å². The number of hydrogen-bond acceptors (Lipinski definition) is 6. The van der Waals surface area contributed by atoms with Gasteiger partial charge in [0.15, 0.2) is 18.1 Å². The third kappa shape index (κ3) is 6.85. The number of para-hydroxylation sites is 1. The van der Waals surface area contributed by atoms with Crippen LogP contribution in [0.25, 0.3) is 10.9 Å². The number of anilines is 1. The van der Waals surface area contributed by atoms with Crippen LogP contribution in [-0.4, -0.2) is 35.0 Å². The summed E-state index contributed by atoms with van der Waals surface area (Å²) in [5.74, 6) is 1.21. The average Bonchev–Trinajstić information content (AvgIpc) is 2.89. The molecule has 0 atom stereocenters. The van der Waals surface area contributed by atoms with Gasteiger partial charge in [0.2, 0.25) is 0 Å². The Morgan fingerprint density at radius 3 is 2.67 bits per heavy atom. The molecule has 0 bridgehead atoms. The van der Waals surface area contributed by atoms with Crippen LogP contribution in [0.3, 0.4) is 0 Å². The molecule has 8 nitrogen and oxygen atoms in total. The van der Waals surface area contributed by atoms with Crippen LogP contribution >= 0.6 is 38.5 Å². The van der Waals surface area contributed by atoms with E-state index in [2.05, 4.69) is 53.9 Å². The van der Waals surface area contributed by atoms with E-state index >= 15 is 0 Å². The van der Waals surface area contributed by atoms with Gasteiger partial charge in [-0.1, -0.05) is 48.0 Å². The molecule has 0 saturated carbocycles. The molecule has 39 heavy (non-hydrogen) atoms. The van der Waals surface area contributed by atoms with Crippen molar-refractivity contribution >= 4 is 67.2 Å². The number of carbonyl (C=O) groups excluding carboxylic acids is 1. The second-order valence-electron chi connectivity index (χ2n) is 9.06. The summed E-state index contributed by atoms with van der Waals surface area (Å²) < 4.78 is 14.6. The highest BCUT2D eigenvalue weighted by atomic mass is 127. The van der Waals surface area contributed by atoms with Crippen LogP contribution in [0, 0.1) is 10.5 Å². The van der Waals surface area contributed by atoms with E-state index < -0.39 is 0 Å². The zero-order valence-corrected chi connectivity index (χ0v) is 25.7. The smallest absolute Gasteiger partial charge is 0.282 e. The van der Waals surface area contributed by atoms with Crippen molar-refractivity contribution in [2.75, 3.05) is 18.5 Å². The van der Waals surface area contributed by atoms with Gasteiger partial charge >= 0.3 is 0 Å². The van der Waals surface area contributed by atoms with Gasteiger partial charge in [0.05, 0.1) is 27.3 Å². The predicted molar refractivity (Wildman–Crippen MR) is 166 cm³/mol. The minimum absolute atomic E-state index is 0.0244. The van der Waals surface area contributed by atoms with Crippen LogP contribution in [0.5, 0.6) is 11.5 Å². The summed E-state index contributed by atoms with van der Waals surface area (Å²) in [6.45, 7) is 7.96. The van der Waals surface area contributed by atoms with Crippen LogP contribution in [-0.2, 0) is 4.79 Å². The van der Waals surface area contributed by atoms with E-state index in [-0.39, 0.29) is 24.0 Å². The average molecular weight is 703 g/mol. The molecule has 4 rings (SSSR count). The fraction of sp³-hybridized carbons (Fsp3) is 0.241. The zero-order chi connectivity index (χ0) is 28.1. The number of aromatic nitrogens is 2. The van der Waals surface area contributed by atoms with Crippen LogP contribution < -0.4 is 20.3 Å². The van der Waals surface area contributed by atoms with E-state index in [9.17, 15) is 9.59 Å². The Labute approximate surface area is 248 Å². The number of carbonyl (C=O) groups is 1. The lowest BCUT2D eigenvalue weighted by atomic mass is 10.2. The fourth-order valence-corrected chi connectivity index (χ4v) is 5.02. The Hall–Kier alpha value is -3.25. The van der Waals surface area contributed by atoms with E-state index in [4.69, 9.17) is 9.47 Å². The van der Waals surface area contributed by atoms with Gasteiger partial charge in [0.25, 0.3) is 11.5 Å². The first kappa shape index (κ1) is 28.8. The molecule has 0 aliphatic rings. The second-order valence-corrected chi connectivity index (χ2v) is 11.1. The summed E-state index contributed by atoms with van der Waals surface area (Å²) in [5, 5.41) is 7.86. The quantitative estimate of drug-likeness (QED) is 0.159. The number of aryl methyl sites for hydroxylation is 1. The molecule has 0 unspecified atom stereocenters. The van der Waals surface area contributed by atoms with Crippen LogP contribution in [0.15, 0.2) is 69.0 Å². The van der Waals surface area contributed by atoms with E-state index in [1.807, 2.05) is 70.2 Å². The summed E-state index contributed by atoms with van der Waals surface area (Å²) >= 11 is 5.56. The van der Waals surface area contributed by atoms with Crippen molar-refractivity contribution in [2.24, 2.45) is 5.10 Å². The molecule has 0 radical (unpaired) electrons. The maximum atomic E-state index is 13.3. The SMILES string of the molecule is CCOc1cc(C=Nn2c(C(C)C)nc3ccc(Br)cc3c2=O)cc(I)c1OCC(=O)Nc1ccccc1C. The normalized spacial score (nSPS) is 11.4. The number of hydrogen-bond donors (Lipinski definition) is 1. The Kier molecular flexibility index (Phi) is 9.39. The summed E-state index contributed by atoms with van der Waals surface area (Å²) in [4.78, 5) is 30.5. The Bertz CT molecular complexity index is 1620. The molecule has 4 aromatic rings. The molecule has 0 aliphatic heterocycles. The van der Waals surface area contributed by atoms with Gasteiger partial charge in [0, 0.05) is 16.1 Å². The zero-order valence-electron chi connectivity index (χ0n) is 22.0. The lowest BCUT2D eigenvalue weighted by Crippen LogP contribution is -2.23. The summed E-state index contributed by atoms with van der Waals surface area (Å²) in [6.07, 6.45) is 1.60. The molecular formula is C29H28BrIN4O4. The Morgan fingerprint density at radius 2 is 1.95 bits per heavy atom. The van der Waals surface area contributed by atoms with Crippen LogP contribution in [0.4, 0.5) is 5.69 Å². The van der Waals surface area contributed by atoms with Gasteiger partial charge in [-0.05, 0) is 84.0 Å². The number of amides is 1. The van der Waals surface area contributed by atoms with Crippen molar-refractivity contribution in [3.8, 4) is 11.5 Å². The first-order valence-corrected chi connectivity index (χ1v) is 14.3. The maximum absolute atomic E-state index is 13.3. The Balaban J connectivity index is 1.62. The topological polar surface area (TPSA) is 94.8 Å². The standard InChI is InChI=1S/C29H28BrIN4O4/c1-5-38-25-13-19(12-22(31)27(25)39-16-26(36)33-23-9-7-6-8-18(23)4)15-32-35-28(17(2)3)34-24-11-10-20(30)14-21(24)29(35)37/h6-15,17H,5,16H2,1-4H3,(H,33,36). The van der Waals surface area contributed by atoms with Gasteiger partial charge in [-0.2, -0.15) is 9.78 Å². The molecule has 0 saturated heterocycles. The Morgan fingerprint density at radius 1 is 1.18 bits per heavy atom. The minimum atomic E-state index is -0.274. The number of ether oxygens (including phenoxy) is 2. The number of benzene rings is 3. The lowest BCUT2D eigenvalue weighted by molar-refractivity contribution is -0.118. The van der Waals surface area contributed by atoms with Gasteiger partial charge in [0.1, 0.15) is 5.82 Å². The molecular weight excluding hydrogens is 675 g/mol. The molecule has 0 aliphatic carbocycles. The van der Waals surface area contributed by atoms with E-state index in [1.54, 1.807) is 18.3 Å². The molecule has 3 aromatic carbocycles. The van der Waals surface area contributed by atoms with Crippen LogP contribution in [0.2, 0.25) is 0 Å². The molecule has 10 heteroatoms. The third-order valence-corrected chi connectivity index (χ3v) is 7.07. The highest BCUT2D eigenvalue weighted by Gasteiger charge is 2.16. The number of rotatable bonds is 9. The van der Waals surface area contributed by atoms with Crippen molar-refractivity contribution in [1.29, 1.82) is 0 Å². The highest BCUT2D eigenvalue weighted by Crippen LogP contribution is 2.34. The van der Waals surface area contributed by atoms with Crippen molar-refractivity contribution < 1.29 is 14.3 Å². The number of nitrogens with zero attached hydrogens (tertiary/aromatic N) is 3. The van der Waals surface area contributed by atoms with Gasteiger partial charge in [-0.15, -0.1) is 0 Å². The lowest BCUT2D eigenvalue weighted by Gasteiger charge is -2.15. The maximum Gasteiger partial charge on any atom is 0.282 e. The van der Waals surface area contributed by atoms with Crippen molar-refractivity contribution in [2.45, 2.75) is 33.6 Å². The van der Waals surface area contributed by atoms with Crippen molar-refractivity contribution in [3.63, 3.8) is 0 Å². The van der Waals surface area contributed by atoms with Gasteiger partial charge < -0.3 is 14.8 Å². The number of nitrogens with one attached hydrogen (secondary N) is 1. The predicted octanol–water partition coefficient (Wildman–Crippen LogP) is 6.49. The molecule has 1 amide bonds. The van der Waals surface area contributed by atoms with Crippen LogP contribution in [0.1, 0.15) is 43.6 Å². The second kappa shape index (κ2) is 12.7. The first-order valence-electron chi connectivity index (χ1n) is 12.4. The van der Waals surface area contributed by atoms with Crippen molar-refractivity contribution in [1.82, 2.24) is 9.66 Å². The number of fused-ring (bicyclic) bond motifs is 1. The van der Waals surface area contributed by atoms with Gasteiger partial charge in [-0.3, -0.25) is 9.59 Å². The largest absolute Gasteiger partial charge is 0.490 e. The minimum Gasteiger partial charge on any atom is -0.490 e. The van der Waals surface area contributed by atoms with Crippen molar-refractivity contribution in [3.05, 3.63) is 89.9 Å². The third-order valence-electron chi connectivity index (χ3n) is 5.77. The van der Waals surface area contributed by atoms with Gasteiger partial charge in [-0.25, -0.2) is 4.98 Å². The first-order chi connectivity index (χ1) is 18.7. The summed E-state index contributed by atoms with van der Waals surface area (Å²) in [5.41, 5.74) is 2.78. The molecule has 202 valence electrons. The van der Waals surface area contributed by atoms with E-state index in [0.29, 0.717) is 40.4 Å². The number of halogens is 2. The summed E-state index contributed by atoms with van der Waals surface area (Å²) in [6, 6.07) is 16.6. The fourth-order valence-electron chi connectivity index (χ4n) is 3.88. The molecule has 0 spiro atoms. The molecule has 0 fully saturated rings. The van der Waals surface area contributed by atoms with E-state index in [1.165, 1.54) is 4.68 Å². The molecule has 1 N–H and O–H groups in total. The summed E-state index contributed by atoms with van der Waals surface area (Å²) in [7, 11) is 0. The molecule has 1 aromatic heterocycles. The monoisotopic (exact) mass is 702 g/mol. The highest BCUT2D eigenvalue weighted by molar-refractivity contribution is 14.1. The molecule has 1 heterocycles.